The Labute approximate surface area is 132 Å². The van der Waals surface area contributed by atoms with Crippen molar-refractivity contribution in [1.29, 1.82) is 0 Å². The number of anilines is 1. The number of thiazole rings is 1. The molecule has 1 aliphatic heterocycles. The van der Waals surface area contributed by atoms with Crippen molar-refractivity contribution in [3.05, 3.63) is 10.6 Å². The Morgan fingerprint density at radius 2 is 2.24 bits per heavy atom. The predicted octanol–water partition coefficient (Wildman–Crippen LogP) is 1.93. The zero-order valence-electron chi connectivity index (χ0n) is 13.7. The molecule has 0 amide bonds. The topological polar surface area (TPSA) is 40.6 Å². The highest BCUT2D eigenvalue weighted by atomic mass is 32.1. The van der Waals surface area contributed by atoms with Gasteiger partial charge in [-0.25, -0.2) is 4.98 Å². The van der Waals surface area contributed by atoms with Crippen molar-refractivity contribution in [2.24, 2.45) is 0 Å². The Bertz CT molecular complexity index is 437. The van der Waals surface area contributed by atoms with Crippen LogP contribution in [0.15, 0.2) is 0 Å². The SMILES string of the molecule is CCNCc1sc(N2CCCN(C)CC2C)nc1COC. The second kappa shape index (κ2) is 8.08. The van der Waals surface area contributed by atoms with Gasteiger partial charge in [-0.1, -0.05) is 6.92 Å². The molecule has 1 atom stereocenters. The molecule has 2 heterocycles. The quantitative estimate of drug-likeness (QED) is 0.869. The zero-order chi connectivity index (χ0) is 15.2. The van der Waals surface area contributed by atoms with Gasteiger partial charge in [0.05, 0.1) is 12.3 Å². The van der Waals surface area contributed by atoms with Crippen LogP contribution in [0.2, 0.25) is 0 Å². The summed E-state index contributed by atoms with van der Waals surface area (Å²) in [6, 6.07) is 0.506. The van der Waals surface area contributed by atoms with Crippen molar-refractivity contribution in [3.63, 3.8) is 0 Å². The number of hydrogen-bond donors (Lipinski definition) is 1. The Morgan fingerprint density at radius 1 is 1.43 bits per heavy atom. The van der Waals surface area contributed by atoms with Gasteiger partial charge in [-0.2, -0.15) is 0 Å². The summed E-state index contributed by atoms with van der Waals surface area (Å²) in [5.74, 6) is 0. The van der Waals surface area contributed by atoms with E-state index in [2.05, 4.69) is 36.0 Å². The fourth-order valence-electron chi connectivity index (χ4n) is 2.78. The third kappa shape index (κ3) is 4.39. The highest BCUT2D eigenvalue weighted by Crippen LogP contribution is 2.29. The maximum Gasteiger partial charge on any atom is 0.186 e. The van der Waals surface area contributed by atoms with Crippen molar-refractivity contribution in [1.82, 2.24) is 15.2 Å². The normalized spacial score (nSPS) is 20.8. The van der Waals surface area contributed by atoms with E-state index in [0.29, 0.717) is 12.6 Å². The molecular formula is C15H28N4OS. The van der Waals surface area contributed by atoms with E-state index in [1.807, 2.05) is 11.3 Å². The van der Waals surface area contributed by atoms with Crippen LogP contribution in [0.4, 0.5) is 5.13 Å². The van der Waals surface area contributed by atoms with Gasteiger partial charge in [-0.15, -0.1) is 11.3 Å². The highest BCUT2D eigenvalue weighted by Gasteiger charge is 2.23. The van der Waals surface area contributed by atoms with Crippen LogP contribution in [0.3, 0.4) is 0 Å². The lowest BCUT2D eigenvalue weighted by Gasteiger charge is -2.27. The lowest BCUT2D eigenvalue weighted by Crippen LogP contribution is -2.37. The van der Waals surface area contributed by atoms with Crippen molar-refractivity contribution in [2.45, 2.75) is 39.5 Å². The summed E-state index contributed by atoms with van der Waals surface area (Å²) < 4.78 is 5.31. The van der Waals surface area contributed by atoms with Crippen molar-refractivity contribution in [3.8, 4) is 0 Å². The minimum absolute atomic E-state index is 0.506. The van der Waals surface area contributed by atoms with Crippen LogP contribution in [0, 0.1) is 0 Å². The molecule has 1 unspecified atom stereocenters. The molecule has 0 aromatic carbocycles. The number of ether oxygens (including phenoxy) is 1. The average molecular weight is 312 g/mol. The molecule has 21 heavy (non-hydrogen) atoms. The molecule has 1 aliphatic rings. The summed E-state index contributed by atoms with van der Waals surface area (Å²) >= 11 is 1.81. The molecule has 2 rings (SSSR count). The molecular weight excluding hydrogens is 284 g/mol. The maximum atomic E-state index is 5.31. The van der Waals surface area contributed by atoms with Gasteiger partial charge in [0.2, 0.25) is 0 Å². The average Bonchev–Trinajstić information content (AvgIpc) is 2.75. The van der Waals surface area contributed by atoms with E-state index >= 15 is 0 Å². The van der Waals surface area contributed by atoms with Crippen LogP contribution >= 0.6 is 11.3 Å². The van der Waals surface area contributed by atoms with Crippen molar-refractivity contribution in [2.75, 3.05) is 45.2 Å². The third-order valence-corrected chi connectivity index (χ3v) is 5.01. The summed E-state index contributed by atoms with van der Waals surface area (Å²) in [5, 5.41) is 4.55. The predicted molar refractivity (Wildman–Crippen MR) is 89.1 cm³/mol. The van der Waals surface area contributed by atoms with Crippen LogP contribution in [0.25, 0.3) is 0 Å². The number of methoxy groups -OCH3 is 1. The first-order chi connectivity index (χ1) is 10.2. The number of hydrogen-bond acceptors (Lipinski definition) is 6. The molecule has 120 valence electrons. The molecule has 1 aromatic rings. The molecule has 1 saturated heterocycles. The summed E-state index contributed by atoms with van der Waals surface area (Å²) in [6.07, 6.45) is 1.20. The van der Waals surface area contributed by atoms with Gasteiger partial charge in [0, 0.05) is 37.7 Å². The molecule has 0 bridgehead atoms. The van der Waals surface area contributed by atoms with Gasteiger partial charge >= 0.3 is 0 Å². The number of nitrogens with one attached hydrogen (secondary N) is 1. The lowest BCUT2D eigenvalue weighted by molar-refractivity contribution is 0.181. The van der Waals surface area contributed by atoms with Gasteiger partial charge in [0.1, 0.15) is 0 Å². The summed E-state index contributed by atoms with van der Waals surface area (Å²) in [4.78, 5) is 11.0. The molecule has 1 fully saturated rings. The minimum atomic E-state index is 0.506. The molecule has 5 nitrogen and oxygen atoms in total. The Balaban J connectivity index is 2.17. The van der Waals surface area contributed by atoms with Gasteiger partial charge in [-0.05, 0) is 33.5 Å². The highest BCUT2D eigenvalue weighted by molar-refractivity contribution is 7.15. The van der Waals surface area contributed by atoms with Crippen LogP contribution in [0.1, 0.15) is 30.8 Å². The molecule has 0 saturated carbocycles. The Kier molecular flexibility index (Phi) is 6.41. The van der Waals surface area contributed by atoms with Gasteiger partial charge in [-0.3, -0.25) is 0 Å². The number of nitrogens with zero attached hydrogens (tertiary/aromatic N) is 3. The van der Waals surface area contributed by atoms with Gasteiger partial charge in [0.25, 0.3) is 0 Å². The maximum absolute atomic E-state index is 5.31. The first kappa shape index (κ1) is 16.7. The minimum Gasteiger partial charge on any atom is -0.378 e. The zero-order valence-corrected chi connectivity index (χ0v) is 14.5. The molecule has 0 radical (unpaired) electrons. The first-order valence-corrected chi connectivity index (χ1v) is 8.60. The number of likely N-dealkylation sites (N-methyl/N-ethyl adjacent to an activating group) is 1. The molecule has 6 heteroatoms. The van der Waals surface area contributed by atoms with E-state index in [0.717, 1.165) is 37.0 Å². The second-order valence-corrected chi connectivity index (χ2v) is 6.80. The van der Waals surface area contributed by atoms with Crippen LogP contribution in [-0.2, 0) is 17.9 Å². The number of aromatic nitrogens is 1. The fourth-order valence-corrected chi connectivity index (χ4v) is 3.94. The van der Waals surface area contributed by atoms with Crippen LogP contribution in [-0.4, -0.2) is 56.3 Å². The standard InChI is InChI=1S/C15H28N4OS/c1-5-16-9-14-13(11-20-4)17-15(21-14)19-8-6-7-18(3)10-12(19)2/h12,16H,5-11H2,1-4H3. The molecule has 1 aromatic heterocycles. The van der Waals surface area contributed by atoms with Gasteiger partial charge in [0.15, 0.2) is 5.13 Å². The van der Waals surface area contributed by atoms with E-state index in [9.17, 15) is 0 Å². The summed E-state index contributed by atoms with van der Waals surface area (Å²) in [5.41, 5.74) is 1.09. The summed E-state index contributed by atoms with van der Waals surface area (Å²) in [6.45, 7) is 10.2. The number of rotatable bonds is 6. The largest absolute Gasteiger partial charge is 0.378 e. The molecule has 0 spiro atoms. The summed E-state index contributed by atoms with van der Waals surface area (Å²) in [7, 11) is 3.94. The van der Waals surface area contributed by atoms with Crippen LogP contribution < -0.4 is 10.2 Å². The van der Waals surface area contributed by atoms with E-state index in [4.69, 9.17) is 9.72 Å². The fraction of sp³-hybridized carbons (Fsp3) is 0.800. The molecule has 0 aliphatic carbocycles. The van der Waals surface area contributed by atoms with Crippen LogP contribution in [0.5, 0.6) is 0 Å². The Morgan fingerprint density at radius 3 is 2.95 bits per heavy atom. The van der Waals surface area contributed by atoms with E-state index in [-0.39, 0.29) is 0 Å². The second-order valence-electron chi connectivity index (χ2n) is 5.74. The first-order valence-electron chi connectivity index (χ1n) is 7.79. The lowest BCUT2D eigenvalue weighted by atomic mass is 10.3. The van der Waals surface area contributed by atoms with E-state index in [1.54, 1.807) is 7.11 Å². The third-order valence-electron chi connectivity index (χ3n) is 3.88. The van der Waals surface area contributed by atoms with E-state index < -0.39 is 0 Å². The van der Waals surface area contributed by atoms with Gasteiger partial charge < -0.3 is 19.9 Å². The smallest absolute Gasteiger partial charge is 0.186 e. The molecule has 1 N–H and O–H groups in total. The van der Waals surface area contributed by atoms with E-state index in [1.165, 1.54) is 17.8 Å². The Hall–Kier alpha value is -0.690. The van der Waals surface area contributed by atoms with Crippen molar-refractivity contribution < 1.29 is 4.74 Å². The monoisotopic (exact) mass is 312 g/mol. The van der Waals surface area contributed by atoms with Crippen molar-refractivity contribution >= 4 is 16.5 Å².